The molecule has 11 nitrogen and oxygen atoms in total. The first-order valence-electron chi connectivity index (χ1n) is 11.8. The third-order valence-corrected chi connectivity index (χ3v) is 7.66. The van der Waals surface area contributed by atoms with Crippen LogP contribution in [0.3, 0.4) is 0 Å². The van der Waals surface area contributed by atoms with E-state index in [4.69, 9.17) is 11.6 Å². The molecule has 0 aliphatic carbocycles. The molecule has 13 heteroatoms. The summed E-state index contributed by atoms with van der Waals surface area (Å²) in [5.74, 6) is 0.570. The van der Waals surface area contributed by atoms with Crippen LogP contribution in [-0.2, 0) is 9.84 Å². The number of hydrogen-bond donors (Lipinski definition) is 3. The number of benzene rings is 2. The number of fused-ring (bicyclic) bond motifs is 1. The van der Waals surface area contributed by atoms with Gasteiger partial charge < -0.3 is 20.9 Å². The molecule has 0 unspecified atom stereocenters. The number of rotatable bonds is 6. The zero-order valence-electron chi connectivity index (χ0n) is 20.3. The lowest BCUT2D eigenvalue weighted by atomic mass is 10.1. The van der Waals surface area contributed by atoms with Crippen molar-refractivity contribution in [3.63, 3.8) is 0 Å². The Morgan fingerprint density at radius 1 is 1.08 bits per heavy atom. The molecule has 0 atom stereocenters. The standard InChI is InChI=1S/C25H24ClN7O4S/c1-38(36,37)19-5-2-16(3-6-19)31-25(35)33-10-8-17(9-11-33)29-22-21(26)14-28-24(32-22)30-18-4-7-20-15(12-18)13-27-23(20)34/h2-7,12-14,17H,8-11H2,1H3,(H,31,35)(H2,28,29,30,32). The van der Waals surface area contributed by atoms with Gasteiger partial charge in [0.2, 0.25) is 5.95 Å². The Balaban J connectivity index is 1.16. The van der Waals surface area contributed by atoms with Gasteiger partial charge in [-0.25, -0.2) is 23.2 Å². The number of nitrogens with one attached hydrogen (secondary N) is 3. The number of sulfone groups is 1. The highest BCUT2D eigenvalue weighted by Gasteiger charge is 2.24. The topological polar surface area (TPSA) is 146 Å². The van der Waals surface area contributed by atoms with Crippen LogP contribution in [0.4, 0.5) is 27.9 Å². The normalized spacial score (nSPS) is 15.3. The Labute approximate surface area is 224 Å². The molecule has 0 spiro atoms. The molecule has 3 amide bonds. The van der Waals surface area contributed by atoms with E-state index in [1.54, 1.807) is 35.2 Å². The highest BCUT2D eigenvalue weighted by Crippen LogP contribution is 2.26. The molecular weight excluding hydrogens is 530 g/mol. The maximum atomic E-state index is 12.7. The minimum atomic E-state index is -3.29. The summed E-state index contributed by atoms with van der Waals surface area (Å²) in [7, 11) is -3.29. The molecule has 3 heterocycles. The van der Waals surface area contributed by atoms with Gasteiger partial charge in [-0.1, -0.05) is 11.6 Å². The van der Waals surface area contributed by atoms with Crippen LogP contribution in [0.15, 0.2) is 58.5 Å². The maximum Gasteiger partial charge on any atom is 0.321 e. The molecule has 1 fully saturated rings. The molecular formula is C25H24ClN7O4S. The molecule has 3 aromatic rings. The van der Waals surface area contributed by atoms with E-state index >= 15 is 0 Å². The molecule has 0 radical (unpaired) electrons. The highest BCUT2D eigenvalue weighted by molar-refractivity contribution is 7.90. The van der Waals surface area contributed by atoms with Crippen molar-refractivity contribution in [1.29, 1.82) is 0 Å². The second-order valence-corrected chi connectivity index (χ2v) is 11.4. The first-order chi connectivity index (χ1) is 18.2. The SMILES string of the molecule is CS(=O)(=O)c1ccc(NC(=O)N2CCC(Nc3nc(Nc4ccc5c(c4)C=NC5=O)ncc3Cl)CC2)cc1. The largest absolute Gasteiger partial charge is 0.366 e. The van der Waals surface area contributed by atoms with Crippen molar-refractivity contribution in [2.75, 3.05) is 35.3 Å². The fourth-order valence-electron chi connectivity index (χ4n) is 4.21. The zero-order valence-corrected chi connectivity index (χ0v) is 21.9. The van der Waals surface area contributed by atoms with Gasteiger partial charge in [0, 0.05) is 48.5 Å². The van der Waals surface area contributed by atoms with E-state index in [1.807, 2.05) is 0 Å². The quantitative estimate of drug-likeness (QED) is 0.416. The number of carbonyl (C=O) groups excluding carboxylic acids is 2. The molecule has 1 aromatic heterocycles. The van der Waals surface area contributed by atoms with Gasteiger partial charge >= 0.3 is 6.03 Å². The van der Waals surface area contributed by atoms with Crippen molar-refractivity contribution in [2.24, 2.45) is 4.99 Å². The van der Waals surface area contributed by atoms with E-state index in [9.17, 15) is 18.0 Å². The summed E-state index contributed by atoms with van der Waals surface area (Å²) in [4.78, 5) is 38.8. The van der Waals surface area contributed by atoms with Gasteiger partial charge in [-0.2, -0.15) is 4.98 Å². The number of likely N-dealkylation sites (tertiary alicyclic amines) is 1. The van der Waals surface area contributed by atoms with Crippen LogP contribution in [0.5, 0.6) is 0 Å². The lowest BCUT2D eigenvalue weighted by Gasteiger charge is -2.32. The molecule has 0 saturated carbocycles. The summed E-state index contributed by atoms with van der Waals surface area (Å²) in [6, 6.07) is 11.1. The van der Waals surface area contributed by atoms with Crippen LogP contribution < -0.4 is 16.0 Å². The van der Waals surface area contributed by atoms with Crippen molar-refractivity contribution < 1.29 is 18.0 Å². The number of amides is 3. The number of piperidine rings is 1. The second-order valence-electron chi connectivity index (χ2n) is 9.01. The Hall–Kier alpha value is -4.03. The Morgan fingerprint density at radius 3 is 2.50 bits per heavy atom. The molecule has 5 rings (SSSR count). The number of halogens is 1. The first kappa shape index (κ1) is 25.6. The fraction of sp³-hybridized carbons (Fsp3) is 0.240. The van der Waals surface area contributed by atoms with Crippen LogP contribution in [0.25, 0.3) is 0 Å². The monoisotopic (exact) mass is 553 g/mol. The van der Waals surface area contributed by atoms with Gasteiger partial charge in [0.15, 0.2) is 15.7 Å². The highest BCUT2D eigenvalue weighted by atomic mass is 35.5. The van der Waals surface area contributed by atoms with Crippen molar-refractivity contribution in [1.82, 2.24) is 14.9 Å². The van der Waals surface area contributed by atoms with Gasteiger partial charge in [-0.3, -0.25) is 4.79 Å². The summed E-state index contributed by atoms with van der Waals surface area (Å²) in [5.41, 5.74) is 2.52. The van der Waals surface area contributed by atoms with Crippen molar-refractivity contribution in [2.45, 2.75) is 23.8 Å². The van der Waals surface area contributed by atoms with E-state index < -0.39 is 9.84 Å². The van der Waals surface area contributed by atoms with Crippen molar-refractivity contribution >= 4 is 62.7 Å². The van der Waals surface area contributed by atoms with Crippen molar-refractivity contribution in [3.05, 3.63) is 64.8 Å². The number of anilines is 4. The minimum Gasteiger partial charge on any atom is -0.366 e. The van der Waals surface area contributed by atoms with E-state index in [2.05, 4.69) is 30.9 Å². The summed E-state index contributed by atoms with van der Waals surface area (Å²) in [6.07, 6.45) is 5.54. The first-order valence-corrected chi connectivity index (χ1v) is 14.1. The predicted molar refractivity (Wildman–Crippen MR) is 145 cm³/mol. The maximum absolute atomic E-state index is 12.7. The molecule has 2 aliphatic rings. The third kappa shape index (κ3) is 5.76. The Bertz CT molecular complexity index is 1540. The van der Waals surface area contributed by atoms with E-state index in [1.165, 1.54) is 24.5 Å². The molecule has 2 aliphatic heterocycles. The summed E-state index contributed by atoms with van der Waals surface area (Å²) in [5, 5.41) is 9.65. The molecule has 1 saturated heterocycles. The average Bonchev–Trinajstić information content (AvgIpc) is 3.26. The Kier molecular flexibility index (Phi) is 7.00. The van der Waals surface area contributed by atoms with E-state index in [-0.39, 0.29) is 22.9 Å². The van der Waals surface area contributed by atoms with E-state index in [0.29, 0.717) is 59.7 Å². The lowest BCUT2D eigenvalue weighted by molar-refractivity contribution is 0.101. The van der Waals surface area contributed by atoms with Crippen LogP contribution >= 0.6 is 11.6 Å². The van der Waals surface area contributed by atoms with Gasteiger partial charge in [0.05, 0.1) is 16.7 Å². The summed E-state index contributed by atoms with van der Waals surface area (Å²) < 4.78 is 23.2. The van der Waals surface area contributed by atoms with Crippen LogP contribution in [0, 0.1) is 0 Å². The number of aliphatic imine (C=N–C) groups is 1. The van der Waals surface area contributed by atoms with Gasteiger partial charge in [-0.05, 0) is 55.3 Å². The molecule has 2 aromatic carbocycles. The fourth-order valence-corrected chi connectivity index (χ4v) is 4.98. The Morgan fingerprint density at radius 2 is 1.79 bits per heavy atom. The average molecular weight is 554 g/mol. The minimum absolute atomic E-state index is 0.0514. The number of urea groups is 1. The lowest BCUT2D eigenvalue weighted by Crippen LogP contribution is -2.44. The van der Waals surface area contributed by atoms with Gasteiger partial charge in [0.1, 0.15) is 5.02 Å². The van der Waals surface area contributed by atoms with E-state index in [0.717, 1.165) is 11.8 Å². The number of carbonyl (C=O) groups is 2. The molecule has 38 heavy (non-hydrogen) atoms. The smallest absolute Gasteiger partial charge is 0.321 e. The third-order valence-electron chi connectivity index (χ3n) is 6.26. The molecule has 0 bridgehead atoms. The van der Waals surface area contributed by atoms with Crippen LogP contribution in [-0.4, -0.2) is 66.8 Å². The van der Waals surface area contributed by atoms with Crippen LogP contribution in [0.2, 0.25) is 5.02 Å². The van der Waals surface area contributed by atoms with Crippen molar-refractivity contribution in [3.8, 4) is 0 Å². The second kappa shape index (κ2) is 10.4. The van der Waals surface area contributed by atoms with Gasteiger partial charge in [-0.15, -0.1) is 0 Å². The van der Waals surface area contributed by atoms with Crippen LogP contribution in [0.1, 0.15) is 28.8 Å². The number of nitrogens with zero attached hydrogens (tertiary/aromatic N) is 4. The number of hydrogen-bond acceptors (Lipinski definition) is 8. The van der Waals surface area contributed by atoms with Gasteiger partial charge in [0.25, 0.3) is 5.91 Å². The number of aromatic nitrogens is 2. The zero-order chi connectivity index (χ0) is 26.9. The summed E-state index contributed by atoms with van der Waals surface area (Å²) in [6.45, 7) is 1.04. The predicted octanol–water partition coefficient (Wildman–Crippen LogP) is 3.96. The molecule has 196 valence electrons. The summed E-state index contributed by atoms with van der Waals surface area (Å²) >= 11 is 6.34. The molecule has 3 N–H and O–H groups in total.